The number of hydrogen-bond acceptors (Lipinski definition) is 3. The van der Waals surface area contributed by atoms with E-state index in [1.807, 2.05) is 30.0 Å². The monoisotopic (exact) mass is 276 g/mol. The molecule has 2 rings (SSSR count). The normalized spacial score (nSPS) is 22.5. The second kappa shape index (κ2) is 7.41. The van der Waals surface area contributed by atoms with Gasteiger partial charge in [0.2, 0.25) is 5.91 Å². The van der Waals surface area contributed by atoms with Gasteiger partial charge in [-0.3, -0.25) is 10.1 Å². The summed E-state index contributed by atoms with van der Waals surface area (Å²) in [4.78, 5) is 14.4. The van der Waals surface area contributed by atoms with E-state index in [4.69, 9.17) is 4.74 Å². The SMILES string of the molecule is CCCC1NC(c2ccccc2)N(CCOCC)C1=O. The number of nitrogens with one attached hydrogen (secondary N) is 1. The molecule has 4 heteroatoms. The van der Waals surface area contributed by atoms with Gasteiger partial charge in [-0.1, -0.05) is 43.7 Å². The summed E-state index contributed by atoms with van der Waals surface area (Å²) in [6.07, 6.45) is 1.86. The molecule has 1 N–H and O–H groups in total. The molecule has 1 saturated heterocycles. The standard InChI is InChI=1S/C16H24N2O2/c1-3-8-14-16(19)18(11-12-20-4-2)15(17-14)13-9-6-5-7-10-13/h5-7,9-10,14-15,17H,3-4,8,11-12H2,1-2H3. The highest BCUT2D eigenvalue weighted by atomic mass is 16.5. The molecule has 4 nitrogen and oxygen atoms in total. The van der Waals surface area contributed by atoms with E-state index in [-0.39, 0.29) is 18.1 Å². The molecule has 20 heavy (non-hydrogen) atoms. The zero-order valence-corrected chi connectivity index (χ0v) is 12.3. The van der Waals surface area contributed by atoms with Crippen molar-refractivity contribution in [1.82, 2.24) is 10.2 Å². The van der Waals surface area contributed by atoms with Gasteiger partial charge in [0.05, 0.1) is 12.6 Å². The first-order valence-corrected chi connectivity index (χ1v) is 7.47. The highest BCUT2D eigenvalue weighted by molar-refractivity contribution is 5.84. The quantitative estimate of drug-likeness (QED) is 0.777. The highest BCUT2D eigenvalue weighted by Gasteiger charge is 2.38. The first-order chi connectivity index (χ1) is 9.77. The van der Waals surface area contributed by atoms with Crippen molar-refractivity contribution in [3.63, 3.8) is 0 Å². The molecule has 1 aliphatic heterocycles. The Kier molecular flexibility index (Phi) is 5.56. The molecule has 0 bridgehead atoms. The Labute approximate surface area is 121 Å². The number of hydrogen-bond donors (Lipinski definition) is 1. The van der Waals surface area contributed by atoms with E-state index >= 15 is 0 Å². The molecule has 0 saturated carbocycles. The average molecular weight is 276 g/mol. The average Bonchev–Trinajstić information content (AvgIpc) is 2.78. The molecular formula is C16H24N2O2. The summed E-state index contributed by atoms with van der Waals surface area (Å²) in [6, 6.07) is 10.1. The van der Waals surface area contributed by atoms with Crippen LogP contribution in [0.2, 0.25) is 0 Å². The van der Waals surface area contributed by atoms with Gasteiger partial charge in [-0.05, 0) is 18.9 Å². The molecule has 0 radical (unpaired) electrons. The Bertz CT molecular complexity index is 422. The van der Waals surface area contributed by atoms with Crippen LogP contribution in [0.1, 0.15) is 38.4 Å². The first kappa shape index (κ1) is 15.0. The maximum atomic E-state index is 12.5. The third-order valence-corrected chi connectivity index (χ3v) is 3.63. The summed E-state index contributed by atoms with van der Waals surface area (Å²) in [5.74, 6) is 0.195. The van der Waals surface area contributed by atoms with E-state index in [1.54, 1.807) is 0 Å². The summed E-state index contributed by atoms with van der Waals surface area (Å²) in [7, 11) is 0. The Morgan fingerprint density at radius 1 is 1.25 bits per heavy atom. The van der Waals surface area contributed by atoms with Gasteiger partial charge in [0.15, 0.2) is 0 Å². The van der Waals surface area contributed by atoms with Crippen LogP contribution in [0.3, 0.4) is 0 Å². The lowest BCUT2D eigenvalue weighted by Crippen LogP contribution is -2.34. The minimum atomic E-state index is -0.0631. The zero-order valence-electron chi connectivity index (χ0n) is 12.3. The largest absolute Gasteiger partial charge is 0.380 e. The lowest BCUT2D eigenvalue weighted by atomic mass is 10.1. The predicted octanol–water partition coefficient (Wildman–Crippen LogP) is 2.32. The van der Waals surface area contributed by atoms with E-state index in [0.717, 1.165) is 18.4 Å². The summed E-state index contributed by atoms with van der Waals surface area (Å²) in [6.45, 7) is 5.99. The Balaban J connectivity index is 2.12. The molecule has 110 valence electrons. The number of carbonyl (C=O) groups excluding carboxylic acids is 1. The van der Waals surface area contributed by atoms with Gasteiger partial charge in [0, 0.05) is 13.2 Å². The number of amides is 1. The first-order valence-electron chi connectivity index (χ1n) is 7.47. The molecule has 0 spiro atoms. The van der Waals surface area contributed by atoms with E-state index in [0.29, 0.717) is 19.8 Å². The molecule has 1 heterocycles. The van der Waals surface area contributed by atoms with Crippen LogP contribution in [0.15, 0.2) is 30.3 Å². The molecule has 2 atom stereocenters. The van der Waals surface area contributed by atoms with Gasteiger partial charge in [-0.15, -0.1) is 0 Å². The van der Waals surface area contributed by atoms with E-state index in [9.17, 15) is 4.79 Å². The van der Waals surface area contributed by atoms with Gasteiger partial charge in [-0.2, -0.15) is 0 Å². The predicted molar refractivity (Wildman–Crippen MR) is 79.2 cm³/mol. The van der Waals surface area contributed by atoms with Crippen molar-refractivity contribution in [2.45, 2.75) is 38.9 Å². The minimum absolute atomic E-state index is 0.0271. The Morgan fingerprint density at radius 3 is 2.65 bits per heavy atom. The fourth-order valence-electron chi connectivity index (χ4n) is 2.63. The number of benzene rings is 1. The van der Waals surface area contributed by atoms with E-state index < -0.39 is 0 Å². The van der Waals surface area contributed by atoms with Crippen molar-refractivity contribution < 1.29 is 9.53 Å². The summed E-state index contributed by atoms with van der Waals surface area (Å²) < 4.78 is 5.40. The van der Waals surface area contributed by atoms with Gasteiger partial charge >= 0.3 is 0 Å². The Hall–Kier alpha value is -1.39. The third kappa shape index (κ3) is 3.38. The zero-order chi connectivity index (χ0) is 14.4. The molecule has 0 aliphatic carbocycles. The van der Waals surface area contributed by atoms with Crippen molar-refractivity contribution in [3.8, 4) is 0 Å². The highest BCUT2D eigenvalue weighted by Crippen LogP contribution is 2.26. The molecule has 1 aromatic rings. The van der Waals surface area contributed by atoms with Crippen molar-refractivity contribution in [2.75, 3.05) is 19.8 Å². The van der Waals surface area contributed by atoms with Crippen LogP contribution in [0.5, 0.6) is 0 Å². The third-order valence-electron chi connectivity index (χ3n) is 3.63. The second-order valence-corrected chi connectivity index (χ2v) is 5.05. The van der Waals surface area contributed by atoms with Crippen molar-refractivity contribution in [2.24, 2.45) is 0 Å². The van der Waals surface area contributed by atoms with Crippen LogP contribution < -0.4 is 5.32 Å². The maximum absolute atomic E-state index is 12.5. The molecule has 1 amide bonds. The maximum Gasteiger partial charge on any atom is 0.241 e. The number of rotatable bonds is 7. The van der Waals surface area contributed by atoms with Crippen LogP contribution in [0, 0.1) is 0 Å². The van der Waals surface area contributed by atoms with Crippen molar-refractivity contribution in [3.05, 3.63) is 35.9 Å². The van der Waals surface area contributed by atoms with Gasteiger partial charge in [0.1, 0.15) is 6.17 Å². The Morgan fingerprint density at radius 2 is 2.00 bits per heavy atom. The van der Waals surface area contributed by atoms with Crippen LogP contribution >= 0.6 is 0 Å². The van der Waals surface area contributed by atoms with Crippen LogP contribution in [0.4, 0.5) is 0 Å². The van der Waals surface area contributed by atoms with Gasteiger partial charge in [-0.25, -0.2) is 0 Å². The minimum Gasteiger partial charge on any atom is -0.380 e. The summed E-state index contributed by atoms with van der Waals surface area (Å²) in [5, 5.41) is 3.46. The van der Waals surface area contributed by atoms with Gasteiger partial charge < -0.3 is 9.64 Å². The van der Waals surface area contributed by atoms with Crippen LogP contribution in [0.25, 0.3) is 0 Å². The number of carbonyl (C=O) groups is 1. The summed E-state index contributed by atoms with van der Waals surface area (Å²) in [5.41, 5.74) is 1.14. The smallest absolute Gasteiger partial charge is 0.241 e. The van der Waals surface area contributed by atoms with Gasteiger partial charge in [0.25, 0.3) is 0 Å². The lowest BCUT2D eigenvalue weighted by Gasteiger charge is -2.24. The molecule has 0 aromatic heterocycles. The second-order valence-electron chi connectivity index (χ2n) is 5.05. The fourth-order valence-corrected chi connectivity index (χ4v) is 2.63. The summed E-state index contributed by atoms with van der Waals surface area (Å²) >= 11 is 0. The molecule has 2 unspecified atom stereocenters. The fraction of sp³-hybridized carbons (Fsp3) is 0.562. The molecule has 1 aliphatic rings. The molecule has 1 fully saturated rings. The number of ether oxygens (including phenoxy) is 1. The van der Waals surface area contributed by atoms with Crippen LogP contribution in [-0.2, 0) is 9.53 Å². The van der Waals surface area contributed by atoms with Crippen molar-refractivity contribution in [1.29, 1.82) is 0 Å². The topological polar surface area (TPSA) is 41.6 Å². The lowest BCUT2D eigenvalue weighted by molar-refractivity contribution is -0.131. The van der Waals surface area contributed by atoms with E-state index in [2.05, 4.69) is 24.4 Å². The van der Waals surface area contributed by atoms with E-state index in [1.165, 1.54) is 0 Å². The van der Waals surface area contributed by atoms with Crippen LogP contribution in [-0.4, -0.2) is 36.6 Å². The number of nitrogens with zero attached hydrogens (tertiary/aromatic N) is 1. The molecular weight excluding hydrogens is 252 g/mol. The molecule has 1 aromatic carbocycles. The van der Waals surface area contributed by atoms with Crippen molar-refractivity contribution >= 4 is 5.91 Å².